The van der Waals surface area contributed by atoms with Gasteiger partial charge in [-0.15, -0.1) is 0 Å². The molecule has 0 fully saturated rings. The highest BCUT2D eigenvalue weighted by molar-refractivity contribution is 5.98. The zero-order chi connectivity index (χ0) is 28.1. The molecular formula is C28H20F3N7O2. The Morgan fingerprint density at radius 3 is 2.45 bits per heavy atom. The normalized spacial score (nSPS) is 12.2. The summed E-state index contributed by atoms with van der Waals surface area (Å²) in [6, 6.07) is 14.6. The van der Waals surface area contributed by atoms with Crippen LogP contribution in [-0.4, -0.2) is 36.4 Å². The van der Waals surface area contributed by atoms with Gasteiger partial charge in [-0.2, -0.15) is 9.49 Å². The third-order valence-electron chi connectivity index (χ3n) is 6.67. The minimum Gasteiger partial charge on any atom is -0.494 e. The van der Waals surface area contributed by atoms with E-state index in [-0.39, 0.29) is 50.6 Å². The van der Waals surface area contributed by atoms with Crippen molar-refractivity contribution in [3.05, 3.63) is 101 Å². The fourth-order valence-corrected chi connectivity index (χ4v) is 4.75. The van der Waals surface area contributed by atoms with Gasteiger partial charge in [-0.05, 0) is 43.3 Å². The fourth-order valence-electron chi connectivity index (χ4n) is 4.75. The molecule has 1 unspecified atom stereocenters. The van der Waals surface area contributed by atoms with Crippen molar-refractivity contribution in [2.24, 2.45) is 0 Å². The van der Waals surface area contributed by atoms with E-state index < -0.39 is 29.1 Å². The van der Waals surface area contributed by atoms with Crippen LogP contribution < -0.4 is 16.0 Å². The lowest BCUT2D eigenvalue weighted by atomic mass is 10.1. The lowest BCUT2D eigenvalue weighted by Crippen LogP contribution is -2.28. The SMILES string of the molecule is COc1ccc(-c2nn(C(C)c3nc4cccc(F)c4c(=O)n3-c3ccccc3)c3ncnc(N)c23)c(F)c1F. The van der Waals surface area contributed by atoms with Gasteiger partial charge in [0, 0.05) is 5.56 Å². The Morgan fingerprint density at radius 2 is 1.70 bits per heavy atom. The summed E-state index contributed by atoms with van der Waals surface area (Å²) in [6.07, 6.45) is 1.21. The summed E-state index contributed by atoms with van der Waals surface area (Å²) in [6.45, 7) is 1.70. The molecule has 0 saturated heterocycles. The van der Waals surface area contributed by atoms with E-state index in [1.54, 1.807) is 37.3 Å². The van der Waals surface area contributed by atoms with Gasteiger partial charge in [0.15, 0.2) is 17.2 Å². The predicted octanol–water partition coefficient (Wildman–Crippen LogP) is 4.81. The number of hydrogen-bond acceptors (Lipinski definition) is 7. The number of nitrogens with two attached hydrogens (primary N) is 1. The third-order valence-corrected chi connectivity index (χ3v) is 6.67. The average molecular weight is 544 g/mol. The number of rotatable bonds is 5. The molecule has 0 aliphatic heterocycles. The molecule has 2 N–H and O–H groups in total. The topological polar surface area (TPSA) is 114 Å². The molecule has 0 spiro atoms. The van der Waals surface area contributed by atoms with Crippen LogP contribution in [0.15, 0.2) is 71.8 Å². The van der Waals surface area contributed by atoms with Gasteiger partial charge < -0.3 is 10.5 Å². The zero-order valence-corrected chi connectivity index (χ0v) is 21.1. The van der Waals surface area contributed by atoms with Crippen LogP contribution in [0.4, 0.5) is 19.0 Å². The van der Waals surface area contributed by atoms with E-state index in [4.69, 9.17) is 10.5 Å². The number of nitrogen functional groups attached to an aromatic ring is 1. The molecule has 40 heavy (non-hydrogen) atoms. The van der Waals surface area contributed by atoms with E-state index >= 15 is 4.39 Å². The number of para-hydroxylation sites is 1. The summed E-state index contributed by atoms with van der Waals surface area (Å²) in [5.74, 6) is -3.18. The Balaban J connectivity index is 1.65. The number of anilines is 1. The quantitative estimate of drug-likeness (QED) is 0.332. The second-order valence-electron chi connectivity index (χ2n) is 8.95. The molecule has 0 saturated carbocycles. The van der Waals surface area contributed by atoms with Gasteiger partial charge in [-0.1, -0.05) is 24.3 Å². The summed E-state index contributed by atoms with van der Waals surface area (Å²) in [5, 5.41) is 4.58. The highest BCUT2D eigenvalue weighted by atomic mass is 19.2. The Bertz CT molecular complexity index is 1990. The van der Waals surface area contributed by atoms with Crippen LogP contribution in [0.2, 0.25) is 0 Å². The molecule has 0 aliphatic carbocycles. The van der Waals surface area contributed by atoms with Crippen molar-refractivity contribution in [3.8, 4) is 22.7 Å². The third kappa shape index (κ3) is 3.75. The van der Waals surface area contributed by atoms with Crippen molar-refractivity contribution in [1.82, 2.24) is 29.3 Å². The monoisotopic (exact) mass is 543 g/mol. The Labute approximate surface area is 224 Å². The maximum Gasteiger partial charge on any atom is 0.269 e. The summed E-state index contributed by atoms with van der Waals surface area (Å²) in [5.41, 5.74) is 6.13. The summed E-state index contributed by atoms with van der Waals surface area (Å²) >= 11 is 0. The van der Waals surface area contributed by atoms with E-state index in [0.29, 0.717) is 5.69 Å². The fraction of sp³-hybridized carbons (Fsp3) is 0.107. The van der Waals surface area contributed by atoms with Crippen LogP contribution in [-0.2, 0) is 0 Å². The number of hydrogen-bond donors (Lipinski definition) is 1. The molecule has 0 amide bonds. The maximum atomic E-state index is 15.2. The molecule has 200 valence electrons. The van der Waals surface area contributed by atoms with Gasteiger partial charge in [0.2, 0.25) is 5.82 Å². The Hall–Kier alpha value is -5.26. The van der Waals surface area contributed by atoms with E-state index in [0.717, 1.165) is 0 Å². The Morgan fingerprint density at radius 1 is 0.925 bits per heavy atom. The summed E-state index contributed by atoms with van der Waals surface area (Å²) < 4.78 is 52.2. The summed E-state index contributed by atoms with van der Waals surface area (Å²) in [7, 11) is 1.23. The van der Waals surface area contributed by atoms with Crippen molar-refractivity contribution in [1.29, 1.82) is 0 Å². The highest BCUT2D eigenvalue weighted by Gasteiger charge is 2.28. The first-order chi connectivity index (χ1) is 19.3. The van der Waals surface area contributed by atoms with Crippen molar-refractivity contribution < 1.29 is 17.9 Å². The van der Waals surface area contributed by atoms with E-state index in [1.807, 2.05) is 0 Å². The standard InChI is InChI=1S/C28H20F3N7O2/c1-14(26-35-18-10-6-9-17(29)20(18)28(39)37(26)15-7-4-3-5-8-15)38-27-21(25(32)33-13-34-27)24(36-38)16-11-12-19(40-2)23(31)22(16)30/h3-14H,1-2H3,(H2,32,33,34). The molecule has 0 aliphatic rings. The van der Waals surface area contributed by atoms with E-state index in [9.17, 15) is 13.6 Å². The number of fused-ring (bicyclic) bond motifs is 2. The van der Waals surface area contributed by atoms with Crippen LogP contribution in [0.1, 0.15) is 18.8 Å². The van der Waals surface area contributed by atoms with Gasteiger partial charge in [0.05, 0.1) is 23.7 Å². The second-order valence-corrected chi connectivity index (χ2v) is 8.95. The molecule has 3 aromatic heterocycles. The maximum absolute atomic E-state index is 15.2. The first kappa shape index (κ1) is 25.0. The average Bonchev–Trinajstić information content (AvgIpc) is 3.35. The smallest absolute Gasteiger partial charge is 0.269 e. The number of ether oxygens (including phenoxy) is 1. The summed E-state index contributed by atoms with van der Waals surface area (Å²) in [4.78, 5) is 26.7. The van der Waals surface area contributed by atoms with Gasteiger partial charge in [-0.3, -0.25) is 9.36 Å². The van der Waals surface area contributed by atoms with Crippen molar-refractivity contribution in [3.63, 3.8) is 0 Å². The molecule has 3 aromatic carbocycles. The van der Waals surface area contributed by atoms with Crippen molar-refractivity contribution in [2.75, 3.05) is 12.8 Å². The molecule has 0 radical (unpaired) electrons. The number of aromatic nitrogens is 6. The molecule has 0 bridgehead atoms. The van der Waals surface area contributed by atoms with Gasteiger partial charge in [0.1, 0.15) is 40.9 Å². The molecule has 1 atom stereocenters. The number of methoxy groups -OCH3 is 1. The van der Waals surface area contributed by atoms with Gasteiger partial charge >= 0.3 is 0 Å². The van der Waals surface area contributed by atoms with Crippen molar-refractivity contribution in [2.45, 2.75) is 13.0 Å². The second kappa shape index (κ2) is 9.49. The first-order valence-electron chi connectivity index (χ1n) is 12.1. The molecule has 6 aromatic rings. The molecule has 6 rings (SSSR count). The number of halogens is 3. The zero-order valence-electron chi connectivity index (χ0n) is 21.1. The molecule has 3 heterocycles. The Kier molecular flexibility index (Phi) is 5.94. The first-order valence-corrected chi connectivity index (χ1v) is 12.1. The lowest BCUT2D eigenvalue weighted by molar-refractivity contribution is 0.372. The van der Waals surface area contributed by atoms with Crippen LogP contribution in [0.3, 0.4) is 0 Å². The largest absolute Gasteiger partial charge is 0.494 e. The van der Waals surface area contributed by atoms with Gasteiger partial charge in [0.25, 0.3) is 5.56 Å². The minimum absolute atomic E-state index is 0.0110. The lowest BCUT2D eigenvalue weighted by Gasteiger charge is -2.19. The van der Waals surface area contributed by atoms with Crippen LogP contribution >= 0.6 is 0 Å². The van der Waals surface area contributed by atoms with E-state index in [2.05, 4.69) is 20.1 Å². The van der Waals surface area contributed by atoms with Crippen LogP contribution in [0.5, 0.6) is 5.75 Å². The van der Waals surface area contributed by atoms with Crippen LogP contribution in [0.25, 0.3) is 38.9 Å². The van der Waals surface area contributed by atoms with Crippen LogP contribution in [0, 0.1) is 17.5 Å². The molecular weight excluding hydrogens is 523 g/mol. The number of nitrogens with zero attached hydrogens (tertiary/aromatic N) is 6. The van der Waals surface area contributed by atoms with Gasteiger partial charge in [-0.25, -0.2) is 28.4 Å². The number of benzene rings is 3. The van der Waals surface area contributed by atoms with Crippen molar-refractivity contribution >= 4 is 27.8 Å². The minimum atomic E-state index is -1.19. The predicted molar refractivity (Wildman–Crippen MR) is 143 cm³/mol. The van der Waals surface area contributed by atoms with E-state index in [1.165, 1.54) is 53.0 Å². The molecule has 12 heteroatoms. The highest BCUT2D eigenvalue weighted by Crippen LogP contribution is 2.36. The molecule has 9 nitrogen and oxygen atoms in total.